The number of amides is 1. The standard InChI is InChI=1S/C15H24N4O2/c16-7-3-10-18(11-4-8-17)15(21)13-19-9-2-1-5-14(19)6-12-20/h14,20H,1-6,9-13H2. The predicted octanol–water partition coefficient (Wildman–Crippen LogP) is 0.879. The van der Waals surface area contributed by atoms with Gasteiger partial charge in [0.25, 0.3) is 0 Å². The summed E-state index contributed by atoms with van der Waals surface area (Å²) >= 11 is 0. The summed E-state index contributed by atoms with van der Waals surface area (Å²) in [6.07, 6.45) is 4.51. The largest absolute Gasteiger partial charge is 0.396 e. The lowest BCUT2D eigenvalue weighted by atomic mass is 9.99. The summed E-state index contributed by atoms with van der Waals surface area (Å²) in [4.78, 5) is 16.1. The molecule has 6 heteroatoms. The van der Waals surface area contributed by atoms with Crippen LogP contribution >= 0.6 is 0 Å². The third-order valence-corrected chi connectivity index (χ3v) is 3.89. The van der Waals surface area contributed by atoms with E-state index in [1.165, 1.54) is 0 Å². The van der Waals surface area contributed by atoms with Gasteiger partial charge in [0.1, 0.15) is 0 Å². The molecule has 1 heterocycles. The lowest BCUT2D eigenvalue weighted by Gasteiger charge is -2.36. The first kappa shape index (κ1) is 17.4. The zero-order valence-electron chi connectivity index (χ0n) is 12.5. The van der Waals surface area contributed by atoms with Crippen molar-refractivity contribution >= 4 is 5.91 Å². The van der Waals surface area contributed by atoms with Gasteiger partial charge < -0.3 is 10.0 Å². The molecular weight excluding hydrogens is 268 g/mol. The molecule has 0 spiro atoms. The van der Waals surface area contributed by atoms with Crippen molar-refractivity contribution in [2.45, 2.75) is 44.6 Å². The number of carbonyl (C=O) groups is 1. The first-order valence-electron chi connectivity index (χ1n) is 7.59. The van der Waals surface area contributed by atoms with Crippen LogP contribution in [0.4, 0.5) is 0 Å². The van der Waals surface area contributed by atoms with Crippen molar-refractivity contribution in [2.75, 3.05) is 32.8 Å². The Labute approximate surface area is 126 Å². The van der Waals surface area contributed by atoms with Crippen LogP contribution in [0.3, 0.4) is 0 Å². The van der Waals surface area contributed by atoms with E-state index in [2.05, 4.69) is 4.90 Å². The molecule has 6 nitrogen and oxygen atoms in total. The Morgan fingerprint density at radius 2 is 1.90 bits per heavy atom. The number of carbonyl (C=O) groups excluding carboxylic acids is 1. The van der Waals surface area contributed by atoms with Gasteiger partial charge in [-0.3, -0.25) is 9.69 Å². The minimum Gasteiger partial charge on any atom is -0.396 e. The fourth-order valence-electron chi connectivity index (χ4n) is 2.75. The van der Waals surface area contributed by atoms with E-state index in [0.717, 1.165) is 25.8 Å². The monoisotopic (exact) mass is 292 g/mol. The smallest absolute Gasteiger partial charge is 0.236 e. The van der Waals surface area contributed by atoms with Crippen molar-refractivity contribution in [3.8, 4) is 12.1 Å². The Bertz CT molecular complexity index is 379. The molecule has 1 unspecified atom stereocenters. The average Bonchev–Trinajstić information content (AvgIpc) is 2.49. The van der Waals surface area contributed by atoms with Gasteiger partial charge in [-0.15, -0.1) is 0 Å². The third kappa shape index (κ3) is 6.12. The molecule has 0 bridgehead atoms. The zero-order chi connectivity index (χ0) is 15.5. The highest BCUT2D eigenvalue weighted by Gasteiger charge is 2.25. The second-order valence-corrected chi connectivity index (χ2v) is 5.33. The van der Waals surface area contributed by atoms with Crippen molar-refractivity contribution < 1.29 is 9.90 Å². The molecule has 0 aromatic rings. The van der Waals surface area contributed by atoms with Crippen LogP contribution in [0.5, 0.6) is 0 Å². The summed E-state index contributed by atoms with van der Waals surface area (Å²) in [5.74, 6) is -0.0228. The molecule has 1 amide bonds. The maximum atomic E-state index is 12.4. The molecule has 0 aromatic carbocycles. The van der Waals surface area contributed by atoms with Crippen LogP contribution in [0.1, 0.15) is 38.5 Å². The molecule has 1 fully saturated rings. The average molecular weight is 292 g/mol. The topological polar surface area (TPSA) is 91.4 Å². The molecule has 1 saturated heterocycles. The summed E-state index contributed by atoms with van der Waals surface area (Å²) in [5, 5.41) is 26.4. The fourth-order valence-corrected chi connectivity index (χ4v) is 2.75. The van der Waals surface area contributed by atoms with E-state index < -0.39 is 0 Å². The summed E-state index contributed by atoms with van der Waals surface area (Å²) in [7, 11) is 0. The number of hydrogen-bond donors (Lipinski definition) is 1. The van der Waals surface area contributed by atoms with Gasteiger partial charge in [-0.1, -0.05) is 6.42 Å². The van der Waals surface area contributed by atoms with Crippen LogP contribution in [0.15, 0.2) is 0 Å². The van der Waals surface area contributed by atoms with E-state index in [0.29, 0.717) is 26.1 Å². The van der Waals surface area contributed by atoms with Gasteiger partial charge in [0.05, 0.1) is 31.5 Å². The van der Waals surface area contributed by atoms with E-state index in [1.807, 2.05) is 12.1 Å². The predicted molar refractivity (Wildman–Crippen MR) is 78.0 cm³/mol. The van der Waals surface area contributed by atoms with E-state index in [1.54, 1.807) is 4.90 Å². The number of likely N-dealkylation sites (tertiary alicyclic amines) is 1. The van der Waals surface area contributed by atoms with Gasteiger partial charge in [0.15, 0.2) is 0 Å². The van der Waals surface area contributed by atoms with Gasteiger partial charge in [0.2, 0.25) is 5.91 Å². The highest BCUT2D eigenvalue weighted by Crippen LogP contribution is 2.19. The second kappa shape index (κ2) is 10.1. The number of nitrogens with zero attached hydrogens (tertiary/aromatic N) is 4. The molecule has 1 aliphatic heterocycles. The van der Waals surface area contributed by atoms with Gasteiger partial charge in [-0.2, -0.15) is 10.5 Å². The molecule has 1 rings (SSSR count). The third-order valence-electron chi connectivity index (χ3n) is 3.89. The lowest BCUT2D eigenvalue weighted by molar-refractivity contribution is -0.133. The SMILES string of the molecule is N#CCCN(CCC#N)C(=O)CN1CCCCC1CCO. The number of piperidine rings is 1. The highest BCUT2D eigenvalue weighted by molar-refractivity contribution is 5.78. The van der Waals surface area contributed by atoms with Crippen molar-refractivity contribution in [1.29, 1.82) is 10.5 Å². The minimum atomic E-state index is -0.0228. The van der Waals surface area contributed by atoms with Crippen molar-refractivity contribution in [1.82, 2.24) is 9.80 Å². The van der Waals surface area contributed by atoms with Crippen LogP contribution in [-0.4, -0.2) is 59.6 Å². The van der Waals surface area contributed by atoms with Crippen molar-refractivity contribution in [3.63, 3.8) is 0 Å². The number of hydrogen-bond acceptors (Lipinski definition) is 5. The molecule has 1 aliphatic rings. The Morgan fingerprint density at radius 1 is 1.24 bits per heavy atom. The van der Waals surface area contributed by atoms with Gasteiger partial charge in [0, 0.05) is 25.7 Å². The lowest BCUT2D eigenvalue weighted by Crippen LogP contribution is -2.47. The Hall–Kier alpha value is -1.63. The zero-order valence-corrected chi connectivity index (χ0v) is 12.5. The minimum absolute atomic E-state index is 0.0228. The van der Waals surface area contributed by atoms with Crippen LogP contribution in [0.2, 0.25) is 0 Å². The maximum absolute atomic E-state index is 12.4. The molecule has 116 valence electrons. The maximum Gasteiger partial charge on any atom is 0.236 e. The molecule has 0 radical (unpaired) electrons. The van der Waals surface area contributed by atoms with Gasteiger partial charge in [-0.25, -0.2) is 0 Å². The van der Waals surface area contributed by atoms with Gasteiger partial charge in [-0.05, 0) is 25.8 Å². The van der Waals surface area contributed by atoms with Crippen LogP contribution < -0.4 is 0 Å². The molecule has 0 aromatic heterocycles. The van der Waals surface area contributed by atoms with E-state index >= 15 is 0 Å². The first-order chi connectivity index (χ1) is 10.2. The summed E-state index contributed by atoms with van der Waals surface area (Å²) < 4.78 is 0. The van der Waals surface area contributed by atoms with E-state index in [4.69, 9.17) is 15.6 Å². The van der Waals surface area contributed by atoms with Crippen molar-refractivity contribution in [3.05, 3.63) is 0 Å². The number of nitriles is 2. The molecule has 1 atom stereocenters. The number of aliphatic hydroxyl groups is 1. The Balaban J connectivity index is 2.56. The van der Waals surface area contributed by atoms with Crippen LogP contribution in [0.25, 0.3) is 0 Å². The quantitative estimate of drug-likeness (QED) is 0.717. The molecule has 1 N–H and O–H groups in total. The number of aliphatic hydroxyl groups excluding tert-OH is 1. The fraction of sp³-hybridized carbons (Fsp3) is 0.800. The first-order valence-corrected chi connectivity index (χ1v) is 7.59. The Morgan fingerprint density at radius 3 is 2.48 bits per heavy atom. The summed E-state index contributed by atoms with van der Waals surface area (Å²) in [6, 6.07) is 4.34. The van der Waals surface area contributed by atoms with Crippen LogP contribution in [0, 0.1) is 22.7 Å². The second-order valence-electron chi connectivity index (χ2n) is 5.33. The van der Waals surface area contributed by atoms with E-state index in [-0.39, 0.29) is 31.4 Å². The summed E-state index contributed by atoms with van der Waals surface area (Å²) in [6.45, 7) is 2.11. The molecule has 21 heavy (non-hydrogen) atoms. The molecule has 0 saturated carbocycles. The van der Waals surface area contributed by atoms with Crippen molar-refractivity contribution in [2.24, 2.45) is 0 Å². The van der Waals surface area contributed by atoms with E-state index in [9.17, 15) is 4.79 Å². The Kier molecular flexibility index (Phi) is 8.42. The number of rotatable bonds is 8. The normalized spacial score (nSPS) is 18.7. The molecule has 0 aliphatic carbocycles. The van der Waals surface area contributed by atoms with Crippen LogP contribution in [-0.2, 0) is 4.79 Å². The van der Waals surface area contributed by atoms with Gasteiger partial charge >= 0.3 is 0 Å². The molecular formula is C15H24N4O2. The summed E-state index contributed by atoms with van der Waals surface area (Å²) in [5.41, 5.74) is 0. The highest BCUT2D eigenvalue weighted by atomic mass is 16.3.